The summed E-state index contributed by atoms with van der Waals surface area (Å²) >= 11 is 6.28. The molecular weight excluding hydrogens is 400 g/mol. The summed E-state index contributed by atoms with van der Waals surface area (Å²) < 4.78 is 1.91. The number of carbonyl (C=O) groups is 2. The molecule has 1 aliphatic heterocycles. The van der Waals surface area contributed by atoms with E-state index in [1.807, 2.05) is 67.6 Å². The number of piperazine rings is 1. The minimum absolute atomic E-state index is 0.0135. The fraction of sp³-hybridized carbons (Fsp3) is 0.435. The molecule has 1 saturated heterocycles. The maximum Gasteiger partial charge on any atom is 0.246 e. The van der Waals surface area contributed by atoms with E-state index in [1.54, 1.807) is 11.0 Å². The number of nitrogens with zero attached hydrogens (tertiary/aromatic N) is 4. The van der Waals surface area contributed by atoms with Crippen LogP contribution in [0.25, 0.3) is 6.08 Å². The fourth-order valence-corrected chi connectivity index (χ4v) is 3.86. The maximum atomic E-state index is 12.6. The monoisotopic (exact) mass is 428 g/mol. The smallest absolute Gasteiger partial charge is 0.246 e. The Kier molecular flexibility index (Phi) is 6.98. The second-order valence-corrected chi connectivity index (χ2v) is 8.38. The van der Waals surface area contributed by atoms with E-state index in [1.165, 1.54) is 0 Å². The Morgan fingerprint density at radius 3 is 2.37 bits per heavy atom. The van der Waals surface area contributed by atoms with E-state index in [0.29, 0.717) is 37.7 Å². The van der Waals surface area contributed by atoms with Crippen LogP contribution in [0.3, 0.4) is 0 Å². The van der Waals surface area contributed by atoms with Gasteiger partial charge in [-0.15, -0.1) is 0 Å². The summed E-state index contributed by atoms with van der Waals surface area (Å²) in [5.74, 6) is 0.0968. The van der Waals surface area contributed by atoms with Crippen molar-refractivity contribution in [2.45, 2.75) is 34.2 Å². The Labute approximate surface area is 183 Å². The second kappa shape index (κ2) is 9.47. The van der Waals surface area contributed by atoms with Crippen molar-refractivity contribution in [3.8, 4) is 0 Å². The van der Waals surface area contributed by atoms with Crippen LogP contribution >= 0.6 is 11.6 Å². The van der Waals surface area contributed by atoms with E-state index >= 15 is 0 Å². The minimum Gasteiger partial charge on any atom is -0.339 e. The molecule has 1 aromatic carbocycles. The van der Waals surface area contributed by atoms with Gasteiger partial charge >= 0.3 is 0 Å². The van der Waals surface area contributed by atoms with Gasteiger partial charge in [-0.05, 0) is 31.6 Å². The lowest BCUT2D eigenvalue weighted by atomic mass is 10.1. The number of hydrogen-bond acceptors (Lipinski definition) is 3. The molecule has 0 bridgehead atoms. The van der Waals surface area contributed by atoms with Crippen molar-refractivity contribution in [2.75, 3.05) is 26.2 Å². The van der Waals surface area contributed by atoms with Crippen molar-refractivity contribution in [1.29, 1.82) is 0 Å². The zero-order chi connectivity index (χ0) is 21.8. The lowest BCUT2D eigenvalue weighted by molar-refractivity contribution is -0.139. The van der Waals surface area contributed by atoms with Gasteiger partial charge < -0.3 is 9.80 Å². The predicted octanol–water partition coefficient (Wildman–Crippen LogP) is 3.54. The van der Waals surface area contributed by atoms with E-state index in [9.17, 15) is 9.59 Å². The Morgan fingerprint density at radius 1 is 1.10 bits per heavy atom. The van der Waals surface area contributed by atoms with E-state index < -0.39 is 0 Å². The zero-order valence-electron chi connectivity index (χ0n) is 18.1. The van der Waals surface area contributed by atoms with Crippen LogP contribution in [0.1, 0.15) is 36.4 Å². The van der Waals surface area contributed by atoms with Crippen LogP contribution in [-0.2, 0) is 16.1 Å². The molecule has 1 aliphatic rings. The third kappa shape index (κ3) is 4.93. The van der Waals surface area contributed by atoms with Crippen LogP contribution in [0.5, 0.6) is 0 Å². The van der Waals surface area contributed by atoms with Gasteiger partial charge in [0, 0.05) is 54.5 Å². The molecule has 0 saturated carbocycles. The van der Waals surface area contributed by atoms with Crippen molar-refractivity contribution in [3.05, 3.63) is 57.9 Å². The van der Waals surface area contributed by atoms with Crippen LogP contribution in [0, 0.1) is 19.8 Å². The summed E-state index contributed by atoms with van der Waals surface area (Å²) in [6, 6.07) is 7.73. The number of aromatic nitrogens is 2. The van der Waals surface area contributed by atoms with Gasteiger partial charge in [-0.1, -0.05) is 43.6 Å². The van der Waals surface area contributed by atoms with Crippen LogP contribution in [0.15, 0.2) is 30.3 Å². The van der Waals surface area contributed by atoms with E-state index in [-0.39, 0.29) is 17.7 Å². The summed E-state index contributed by atoms with van der Waals surface area (Å²) in [4.78, 5) is 28.4. The number of carbonyl (C=O) groups excluding carboxylic acids is 2. The van der Waals surface area contributed by atoms with Crippen molar-refractivity contribution in [2.24, 2.45) is 5.92 Å². The van der Waals surface area contributed by atoms with Crippen LogP contribution < -0.4 is 0 Å². The number of rotatable bonds is 5. The molecule has 1 fully saturated rings. The first-order valence-corrected chi connectivity index (χ1v) is 10.7. The first-order valence-electron chi connectivity index (χ1n) is 10.3. The van der Waals surface area contributed by atoms with E-state index in [4.69, 9.17) is 11.6 Å². The highest BCUT2D eigenvalue weighted by Crippen LogP contribution is 2.20. The molecule has 30 heavy (non-hydrogen) atoms. The Balaban J connectivity index is 1.65. The molecule has 160 valence electrons. The molecule has 6 nitrogen and oxygen atoms in total. The molecule has 2 aromatic rings. The van der Waals surface area contributed by atoms with E-state index in [0.717, 1.165) is 22.5 Å². The molecular formula is C23H29ClN4O2. The molecule has 2 heterocycles. The number of halogens is 1. The van der Waals surface area contributed by atoms with Gasteiger partial charge in [-0.3, -0.25) is 14.3 Å². The molecule has 0 atom stereocenters. The molecule has 3 rings (SSSR count). The molecule has 0 N–H and O–H groups in total. The quantitative estimate of drug-likeness (QED) is 0.684. The zero-order valence-corrected chi connectivity index (χ0v) is 18.8. The largest absolute Gasteiger partial charge is 0.339 e. The summed E-state index contributed by atoms with van der Waals surface area (Å²) in [5.41, 5.74) is 3.81. The Bertz CT molecular complexity index is 956. The maximum absolute atomic E-state index is 12.6. The summed E-state index contributed by atoms with van der Waals surface area (Å²) in [6.07, 6.45) is 3.45. The predicted molar refractivity (Wildman–Crippen MR) is 119 cm³/mol. The van der Waals surface area contributed by atoms with Crippen LogP contribution in [0.4, 0.5) is 0 Å². The Morgan fingerprint density at radius 2 is 1.73 bits per heavy atom. The van der Waals surface area contributed by atoms with Gasteiger partial charge in [0.1, 0.15) is 0 Å². The lowest BCUT2D eigenvalue weighted by Gasteiger charge is -2.35. The van der Waals surface area contributed by atoms with Crippen molar-refractivity contribution in [3.63, 3.8) is 0 Å². The molecule has 7 heteroatoms. The van der Waals surface area contributed by atoms with Crippen molar-refractivity contribution in [1.82, 2.24) is 19.6 Å². The molecule has 2 amide bonds. The first-order chi connectivity index (χ1) is 14.3. The SMILES string of the molecule is Cc1nn(Cc2ccccc2Cl)c(C)c1/C=C/C(=O)N1CCN(C(=O)C(C)C)CC1. The summed E-state index contributed by atoms with van der Waals surface area (Å²) in [6.45, 7) is 10.6. The fourth-order valence-electron chi connectivity index (χ4n) is 3.67. The van der Waals surface area contributed by atoms with Gasteiger partial charge in [0.2, 0.25) is 11.8 Å². The van der Waals surface area contributed by atoms with Crippen molar-refractivity contribution >= 4 is 29.5 Å². The number of aryl methyl sites for hydroxylation is 1. The average molecular weight is 429 g/mol. The second-order valence-electron chi connectivity index (χ2n) is 7.97. The third-order valence-electron chi connectivity index (χ3n) is 5.50. The molecule has 0 radical (unpaired) electrons. The van der Waals surface area contributed by atoms with Gasteiger partial charge in [-0.25, -0.2) is 0 Å². The Hall–Kier alpha value is -2.60. The number of benzene rings is 1. The van der Waals surface area contributed by atoms with E-state index in [2.05, 4.69) is 5.10 Å². The highest BCUT2D eigenvalue weighted by Gasteiger charge is 2.24. The number of amides is 2. The van der Waals surface area contributed by atoms with Crippen LogP contribution in [0.2, 0.25) is 5.02 Å². The van der Waals surface area contributed by atoms with Crippen molar-refractivity contribution < 1.29 is 9.59 Å². The summed E-state index contributed by atoms with van der Waals surface area (Å²) in [5, 5.41) is 5.34. The topological polar surface area (TPSA) is 58.4 Å². The average Bonchev–Trinajstić information content (AvgIpc) is 3.00. The normalized spacial score (nSPS) is 14.7. The van der Waals surface area contributed by atoms with Gasteiger partial charge in [-0.2, -0.15) is 5.10 Å². The first kappa shape index (κ1) is 22.1. The third-order valence-corrected chi connectivity index (χ3v) is 5.87. The highest BCUT2D eigenvalue weighted by molar-refractivity contribution is 6.31. The minimum atomic E-state index is -0.0377. The molecule has 1 aromatic heterocycles. The van der Waals surface area contributed by atoms with Gasteiger partial charge in [0.15, 0.2) is 0 Å². The number of hydrogen-bond donors (Lipinski definition) is 0. The highest BCUT2D eigenvalue weighted by atomic mass is 35.5. The van der Waals surface area contributed by atoms with Gasteiger partial charge in [0.25, 0.3) is 0 Å². The summed E-state index contributed by atoms with van der Waals surface area (Å²) in [7, 11) is 0. The standard InChI is InChI=1S/C23H29ClN4O2/c1-16(2)23(30)27-13-11-26(12-14-27)22(29)10-9-20-17(3)25-28(18(20)4)15-19-7-5-6-8-21(19)24/h5-10,16H,11-15H2,1-4H3/b10-9+. The molecule has 0 unspecified atom stereocenters. The molecule has 0 spiro atoms. The van der Waals surface area contributed by atoms with Crippen LogP contribution in [-0.4, -0.2) is 57.6 Å². The lowest BCUT2D eigenvalue weighted by Crippen LogP contribution is -2.51. The van der Waals surface area contributed by atoms with Gasteiger partial charge in [0.05, 0.1) is 12.2 Å². The molecule has 0 aliphatic carbocycles.